The van der Waals surface area contributed by atoms with Crippen molar-refractivity contribution in [3.8, 4) is 5.75 Å². The Labute approximate surface area is 135 Å². The summed E-state index contributed by atoms with van der Waals surface area (Å²) in [6.45, 7) is 4.30. The van der Waals surface area contributed by atoms with Gasteiger partial charge in [0.05, 0.1) is 4.91 Å². The SMILES string of the molecule is CCN1C(=O)/C(=C\c2cc(I)cc(C)c2O)SC1=S. The molecule has 0 aromatic heterocycles. The molecule has 1 amide bonds. The first kappa shape index (κ1) is 14.8. The normalized spacial score (nSPS) is 17.6. The van der Waals surface area contributed by atoms with Crippen LogP contribution >= 0.6 is 46.6 Å². The third kappa shape index (κ3) is 2.95. The van der Waals surface area contributed by atoms with E-state index in [2.05, 4.69) is 22.6 Å². The van der Waals surface area contributed by atoms with Crippen LogP contribution in [0.2, 0.25) is 0 Å². The van der Waals surface area contributed by atoms with E-state index in [1.54, 1.807) is 11.0 Å². The molecule has 0 radical (unpaired) electrons. The van der Waals surface area contributed by atoms with Crippen LogP contribution in [-0.4, -0.2) is 26.8 Å². The average molecular weight is 405 g/mol. The summed E-state index contributed by atoms with van der Waals surface area (Å²) in [6.07, 6.45) is 1.71. The highest BCUT2D eigenvalue weighted by Gasteiger charge is 2.30. The van der Waals surface area contributed by atoms with Gasteiger partial charge < -0.3 is 5.11 Å². The number of phenolic OH excluding ortho intramolecular Hbond substituents is 1. The van der Waals surface area contributed by atoms with Gasteiger partial charge in [0.1, 0.15) is 10.1 Å². The smallest absolute Gasteiger partial charge is 0.266 e. The second-order valence-electron chi connectivity index (χ2n) is 4.09. The van der Waals surface area contributed by atoms with Crippen molar-refractivity contribution in [3.05, 3.63) is 31.7 Å². The lowest BCUT2D eigenvalue weighted by atomic mass is 10.1. The second kappa shape index (κ2) is 5.80. The fraction of sp³-hybridized carbons (Fsp3) is 0.231. The number of hydrogen-bond acceptors (Lipinski definition) is 4. The Balaban J connectivity index is 2.43. The molecule has 0 spiro atoms. The van der Waals surface area contributed by atoms with Gasteiger partial charge >= 0.3 is 0 Å². The van der Waals surface area contributed by atoms with Gasteiger partial charge in [0, 0.05) is 15.7 Å². The van der Waals surface area contributed by atoms with Crippen LogP contribution in [0.15, 0.2) is 17.0 Å². The van der Waals surface area contributed by atoms with Crippen molar-refractivity contribution in [3.63, 3.8) is 0 Å². The lowest BCUT2D eigenvalue weighted by molar-refractivity contribution is -0.121. The summed E-state index contributed by atoms with van der Waals surface area (Å²) in [5.74, 6) is 0.121. The van der Waals surface area contributed by atoms with Crippen molar-refractivity contribution in [2.24, 2.45) is 0 Å². The third-order valence-corrected chi connectivity index (χ3v) is 4.77. The zero-order valence-electron chi connectivity index (χ0n) is 10.4. The fourth-order valence-corrected chi connectivity index (χ4v) is 3.96. The number of carbonyl (C=O) groups excluding carboxylic acids is 1. The average Bonchev–Trinajstić information content (AvgIpc) is 2.60. The van der Waals surface area contributed by atoms with E-state index in [4.69, 9.17) is 12.2 Å². The lowest BCUT2D eigenvalue weighted by Gasteiger charge is -2.09. The van der Waals surface area contributed by atoms with Gasteiger partial charge in [0.15, 0.2) is 0 Å². The van der Waals surface area contributed by atoms with Gasteiger partial charge in [-0.15, -0.1) is 0 Å². The molecule has 1 N–H and O–H groups in total. The van der Waals surface area contributed by atoms with Crippen LogP contribution < -0.4 is 0 Å². The molecule has 0 unspecified atom stereocenters. The van der Waals surface area contributed by atoms with Gasteiger partial charge in [0.2, 0.25) is 0 Å². The van der Waals surface area contributed by atoms with Gasteiger partial charge in [-0.1, -0.05) is 24.0 Å². The number of thiocarbonyl (C=S) groups is 1. The predicted octanol–water partition coefficient (Wildman–Crippen LogP) is 3.53. The third-order valence-electron chi connectivity index (χ3n) is 2.77. The quantitative estimate of drug-likeness (QED) is 0.465. The number of aryl methyl sites for hydroxylation is 1. The van der Waals surface area contributed by atoms with E-state index >= 15 is 0 Å². The number of nitrogens with zero attached hydrogens (tertiary/aromatic N) is 1. The van der Waals surface area contributed by atoms with Crippen LogP contribution in [-0.2, 0) is 4.79 Å². The van der Waals surface area contributed by atoms with E-state index in [1.165, 1.54) is 11.8 Å². The molecule has 2 rings (SSSR count). The summed E-state index contributed by atoms with van der Waals surface area (Å²) in [7, 11) is 0. The Kier molecular flexibility index (Phi) is 4.52. The number of rotatable bonds is 2. The van der Waals surface area contributed by atoms with Crippen LogP contribution in [0.3, 0.4) is 0 Å². The Bertz CT molecular complexity index is 599. The number of thioether (sulfide) groups is 1. The van der Waals surface area contributed by atoms with Gasteiger partial charge in [-0.05, 0) is 60.2 Å². The minimum atomic E-state index is -0.0894. The molecular formula is C13H12INO2S2. The second-order valence-corrected chi connectivity index (χ2v) is 7.01. The zero-order valence-corrected chi connectivity index (χ0v) is 14.2. The van der Waals surface area contributed by atoms with Crippen molar-refractivity contribution in [1.29, 1.82) is 0 Å². The van der Waals surface area contributed by atoms with Crippen molar-refractivity contribution < 1.29 is 9.90 Å². The summed E-state index contributed by atoms with van der Waals surface area (Å²) in [5, 5.41) is 10.0. The standard InChI is InChI=1S/C13H12INO2S2/c1-3-15-12(17)10(19-13(15)18)6-8-5-9(14)4-7(2)11(8)16/h4-6,16H,3H2,1-2H3/b10-6+. The maximum absolute atomic E-state index is 12.1. The first-order valence-electron chi connectivity index (χ1n) is 5.68. The Morgan fingerprint density at radius 1 is 1.53 bits per heavy atom. The van der Waals surface area contributed by atoms with E-state index in [0.29, 0.717) is 21.3 Å². The number of halogens is 1. The predicted molar refractivity (Wildman–Crippen MR) is 91.1 cm³/mol. The molecule has 1 heterocycles. The zero-order chi connectivity index (χ0) is 14.2. The summed E-state index contributed by atoms with van der Waals surface area (Å²) in [5.41, 5.74) is 1.45. The maximum Gasteiger partial charge on any atom is 0.266 e. The van der Waals surface area contributed by atoms with Crippen molar-refractivity contribution in [1.82, 2.24) is 4.90 Å². The number of amides is 1. The van der Waals surface area contributed by atoms with Crippen molar-refractivity contribution >= 4 is 62.9 Å². The number of hydrogen-bond donors (Lipinski definition) is 1. The number of carbonyl (C=O) groups is 1. The molecule has 100 valence electrons. The molecule has 6 heteroatoms. The topological polar surface area (TPSA) is 40.5 Å². The van der Waals surface area contributed by atoms with Crippen LogP contribution in [0.4, 0.5) is 0 Å². The lowest BCUT2D eigenvalue weighted by Crippen LogP contribution is -2.27. The van der Waals surface area contributed by atoms with E-state index in [9.17, 15) is 9.90 Å². The molecule has 1 aromatic rings. The Morgan fingerprint density at radius 3 is 2.79 bits per heavy atom. The molecule has 1 aliphatic heterocycles. The molecular weight excluding hydrogens is 393 g/mol. The van der Waals surface area contributed by atoms with Crippen LogP contribution in [0, 0.1) is 10.5 Å². The maximum atomic E-state index is 12.1. The minimum absolute atomic E-state index is 0.0894. The van der Waals surface area contributed by atoms with Crippen LogP contribution in [0.25, 0.3) is 6.08 Å². The molecule has 3 nitrogen and oxygen atoms in total. The van der Waals surface area contributed by atoms with Crippen LogP contribution in [0.1, 0.15) is 18.1 Å². The first-order valence-corrected chi connectivity index (χ1v) is 7.99. The summed E-state index contributed by atoms with van der Waals surface area (Å²) < 4.78 is 1.59. The van der Waals surface area contributed by atoms with E-state index in [-0.39, 0.29) is 11.7 Å². The number of benzene rings is 1. The Hall–Kier alpha value is -0.600. The number of aromatic hydroxyl groups is 1. The molecule has 1 aliphatic rings. The largest absolute Gasteiger partial charge is 0.507 e. The highest BCUT2D eigenvalue weighted by molar-refractivity contribution is 14.1. The molecule has 1 saturated heterocycles. The van der Waals surface area contributed by atoms with Gasteiger partial charge in [0.25, 0.3) is 5.91 Å². The summed E-state index contributed by atoms with van der Waals surface area (Å²) in [4.78, 5) is 14.2. The fourth-order valence-electron chi connectivity index (χ4n) is 1.79. The Morgan fingerprint density at radius 2 is 2.21 bits per heavy atom. The molecule has 1 aromatic carbocycles. The molecule has 0 aliphatic carbocycles. The van der Waals surface area contributed by atoms with Gasteiger partial charge in [-0.25, -0.2) is 0 Å². The number of phenols is 1. The molecule has 0 bridgehead atoms. The highest BCUT2D eigenvalue weighted by Crippen LogP contribution is 2.35. The summed E-state index contributed by atoms with van der Waals surface area (Å²) >= 11 is 8.62. The van der Waals surface area contributed by atoms with E-state index in [0.717, 1.165) is 9.13 Å². The van der Waals surface area contributed by atoms with Crippen molar-refractivity contribution in [2.45, 2.75) is 13.8 Å². The van der Waals surface area contributed by atoms with E-state index < -0.39 is 0 Å². The first-order chi connectivity index (χ1) is 8.93. The van der Waals surface area contributed by atoms with Gasteiger partial charge in [-0.3, -0.25) is 9.69 Å². The van der Waals surface area contributed by atoms with Gasteiger partial charge in [-0.2, -0.15) is 0 Å². The monoisotopic (exact) mass is 405 g/mol. The van der Waals surface area contributed by atoms with Crippen LogP contribution in [0.5, 0.6) is 5.75 Å². The minimum Gasteiger partial charge on any atom is -0.507 e. The van der Waals surface area contributed by atoms with E-state index in [1.807, 2.05) is 26.0 Å². The summed E-state index contributed by atoms with van der Waals surface area (Å²) in [6, 6.07) is 3.74. The molecule has 0 atom stereocenters. The molecule has 1 fully saturated rings. The molecule has 0 saturated carbocycles. The molecule has 19 heavy (non-hydrogen) atoms. The number of likely N-dealkylation sites (N-methyl/N-ethyl adjacent to an activating group) is 1. The highest BCUT2D eigenvalue weighted by atomic mass is 127. The van der Waals surface area contributed by atoms with Crippen molar-refractivity contribution in [2.75, 3.05) is 6.54 Å².